The molecule has 1 aromatic heterocycles. The minimum Gasteiger partial charge on any atom is -0.351 e. The number of fused-ring (bicyclic) bond motifs is 2. The van der Waals surface area contributed by atoms with Crippen LogP contribution >= 0.6 is 0 Å². The van der Waals surface area contributed by atoms with Crippen molar-refractivity contribution in [2.45, 2.75) is 64.0 Å². The summed E-state index contributed by atoms with van der Waals surface area (Å²) >= 11 is 0. The highest BCUT2D eigenvalue weighted by molar-refractivity contribution is 5.97. The Morgan fingerprint density at radius 3 is 2.87 bits per heavy atom. The summed E-state index contributed by atoms with van der Waals surface area (Å²) in [5.74, 6) is 1.67. The number of carbonyl (C=O) groups excluding carboxylic acids is 1. The number of anilines is 3. The molecule has 0 saturated heterocycles. The standard InChI is InChI=1S/C25H31N5O/c1-17(15-19-12-11-18-7-3-6-10-21(18)19)27-25-26-16-22-24(28-25)30(20-8-4-5-9-20)14-13-23(31)29(22)2/h3,6-7,10,12,16-17,20H,4-5,8-9,11,13-15H2,1-2H3,(H,26,27,28). The van der Waals surface area contributed by atoms with Crippen LogP contribution in [0.25, 0.3) is 5.57 Å². The maximum absolute atomic E-state index is 12.5. The fraction of sp³-hybridized carbons (Fsp3) is 0.480. The monoisotopic (exact) mass is 417 g/mol. The Hall–Kier alpha value is -2.89. The van der Waals surface area contributed by atoms with Crippen LogP contribution in [0.2, 0.25) is 0 Å². The predicted molar refractivity (Wildman–Crippen MR) is 125 cm³/mol. The van der Waals surface area contributed by atoms with Crippen molar-refractivity contribution in [3.8, 4) is 0 Å². The van der Waals surface area contributed by atoms with Crippen LogP contribution in [0.4, 0.5) is 17.5 Å². The molecule has 1 amide bonds. The van der Waals surface area contributed by atoms with E-state index in [1.165, 1.54) is 42.4 Å². The van der Waals surface area contributed by atoms with Crippen molar-refractivity contribution in [1.82, 2.24) is 9.97 Å². The van der Waals surface area contributed by atoms with Crippen LogP contribution in [0.3, 0.4) is 0 Å². The van der Waals surface area contributed by atoms with Gasteiger partial charge in [-0.1, -0.05) is 43.2 Å². The van der Waals surface area contributed by atoms with Gasteiger partial charge in [-0.3, -0.25) is 4.79 Å². The molecule has 1 aromatic carbocycles. The number of nitrogens with one attached hydrogen (secondary N) is 1. The first-order valence-electron chi connectivity index (χ1n) is 11.5. The normalized spacial score (nSPS) is 19.7. The molecule has 2 aliphatic carbocycles. The van der Waals surface area contributed by atoms with Gasteiger partial charge in [-0.05, 0) is 49.3 Å². The fourth-order valence-electron chi connectivity index (χ4n) is 5.23. The van der Waals surface area contributed by atoms with E-state index in [9.17, 15) is 4.79 Å². The maximum atomic E-state index is 12.5. The molecule has 31 heavy (non-hydrogen) atoms. The number of carbonyl (C=O) groups is 1. The first-order chi connectivity index (χ1) is 15.1. The van der Waals surface area contributed by atoms with E-state index in [2.05, 4.69) is 52.5 Å². The van der Waals surface area contributed by atoms with E-state index >= 15 is 0 Å². The molecule has 1 fully saturated rings. The lowest BCUT2D eigenvalue weighted by molar-refractivity contribution is -0.118. The zero-order valence-electron chi connectivity index (χ0n) is 18.5. The minimum absolute atomic E-state index is 0.131. The van der Waals surface area contributed by atoms with Gasteiger partial charge in [-0.15, -0.1) is 0 Å². The molecule has 162 valence electrons. The lowest BCUT2D eigenvalue weighted by atomic mass is 10.0. The lowest BCUT2D eigenvalue weighted by Crippen LogP contribution is -2.35. The number of amides is 1. The van der Waals surface area contributed by atoms with Gasteiger partial charge in [0.15, 0.2) is 5.82 Å². The van der Waals surface area contributed by atoms with E-state index < -0.39 is 0 Å². The van der Waals surface area contributed by atoms with Gasteiger partial charge in [0, 0.05) is 32.1 Å². The van der Waals surface area contributed by atoms with E-state index in [4.69, 9.17) is 4.98 Å². The average molecular weight is 418 g/mol. The highest BCUT2D eigenvalue weighted by atomic mass is 16.2. The summed E-state index contributed by atoms with van der Waals surface area (Å²) in [6.45, 7) is 2.91. The molecule has 1 saturated carbocycles. The smallest absolute Gasteiger partial charge is 0.228 e. The van der Waals surface area contributed by atoms with Gasteiger partial charge in [-0.2, -0.15) is 4.98 Å². The molecular formula is C25H31N5O. The van der Waals surface area contributed by atoms with Crippen LogP contribution in [-0.4, -0.2) is 41.6 Å². The summed E-state index contributed by atoms with van der Waals surface area (Å²) in [6.07, 6.45) is 11.5. The second kappa shape index (κ2) is 8.33. The Morgan fingerprint density at radius 2 is 2.03 bits per heavy atom. The number of aromatic nitrogens is 2. The minimum atomic E-state index is 0.131. The van der Waals surface area contributed by atoms with Crippen molar-refractivity contribution in [2.24, 2.45) is 0 Å². The second-order valence-electron chi connectivity index (χ2n) is 9.08. The largest absolute Gasteiger partial charge is 0.351 e. The first-order valence-corrected chi connectivity index (χ1v) is 11.5. The maximum Gasteiger partial charge on any atom is 0.228 e. The topological polar surface area (TPSA) is 61.4 Å². The van der Waals surface area contributed by atoms with Crippen molar-refractivity contribution < 1.29 is 4.79 Å². The summed E-state index contributed by atoms with van der Waals surface area (Å²) in [5.41, 5.74) is 4.99. The van der Waals surface area contributed by atoms with Gasteiger partial charge < -0.3 is 15.1 Å². The number of hydrogen-bond donors (Lipinski definition) is 1. The van der Waals surface area contributed by atoms with Gasteiger partial charge in [-0.25, -0.2) is 4.98 Å². The van der Waals surface area contributed by atoms with Crippen molar-refractivity contribution in [1.29, 1.82) is 0 Å². The van der Waals surface area contributed by atoms with E-state index in [0.717, 1.165) is 30.9 Å². The molecule has 5 rings (SSSR count). The summed E-state index contributed by atoms with van der Waals surface area (Å²) < 4.78 is 0. The van der Waals surface area contributed by atoms with E-state index in [1.807, 2.05) is 13.2 Å². The second-order valence-corrected chi connectivity index (χ2v) is 9.08. The third-order valence-corrected chi connectivity index (χ3v) is 6.92. The Kier molecular flexibility index (Phi) is 5.38. The van der Waals surface area contributed by atoms with Gasteiger partial charge in [0.1, 0.15) is 5.69 Å². The molecule has 6 nitrogen and oxygen atoms in total. The SMILES string of the molecule is CC(CC1=CCc2ccccc21)Nc1ncc2c(n1)N(C1CCCC1)CCC(=O)N2C. The summed E-state index contributed by atoms with van der Waals surface area (Å²) in [7, 11) is 1.84. The van der Waals surface area contributed by atoms with Crippen molar-refractivity contribution in [3.63, 3.8) is 0 Å². The van der Waals surface area contributed by atoms with E-state index in [0.29, 0.717) is 18.4 Å². The number of nitrogens with zero attached hydrogens (tertiary/aromatic N) is 4. The molecule has 0 bridgehead atoms. The number of benzene rings is 1. The summed E-state index contributed by atoms with van der Waals surface area (Å²) in [6, 6.07) is 9.33. The molecule has 1 N–H and O–H groups in total. The third kappa shape index (κ3) is 3.91. The predicted octanol–water partition coefficient (Wildman–Crippen LogP) is 4.42. The van der Waals surface area contributed by atoms with Crippen molar-refractivity contribution in [3.05, 3.63) is 47.7 Å². The van der Waals surface area contributed by atoms with E-state index in [-0.39, 0.29) is 11.9 Å². The Bertz CT molecular complexity index is 1010. The third-order valence-electron chi connectivity index (χ3n) is 6.92. The molecule has 0 spiro atoms. The average Bonchev–Trinajstić information content (AvgIpc) is 3.42. The van der Waals surface area contributed by atoms with Gasteiger partial charge in [0.05, 0.1) is 6.20 Å². The van der Waals surface area contributed by atoms with Crippen LogP contribution in [0, 0.1) is 0 Å². The molecule has 1 aliphatic heterocycles. The quantitative estimate of drug-likeness (QED) is 0.780. The number of hydrogen-bond acceptors (Lipinski definition) is 5. The first kappa shape index (κ1) is 20.0. The highest BCUT2D eigenvalue weighted by Crippen LogP contribution is 2.36. The highest BCUT2D eigenvalue weighted by Gasteiger charge is 2.31. The Balaban J connectivity index is 1.36. The molecule has 2 heterocycles. The zero-order chi connectivity index (χ0) is 21.4. The van der Waals surface area contributed by atoms with E-state index in [1.54, 1.807) is 4.90 Å². The molecule has 1 atom stereocenters. The Morgan fingerprint density at radius 1 is 1.23 bits per heavy atom. The summed E-state index contributed by atoms with van der Waals surface area (Å²) in [5, 5.41) is 3.51. The molecule has 3 aliphatic rings. The van der Waals surface area contributed by atoms with Gasteiger partial charge >= 0.3 is 0 Å². The van der Waals surface area contributed by atoms with Crippen LogP contribution in [0.15, 0.2) is 36.5 Å². The van der Waals surface area contributed by atoms with Crippen LogP contribution in [-0.2, 0) is 11.2 Å². The molecule has 0 radical (unpaired) electrons. The van der Waals surface area contributed by atoms with Gasteiger partial charge in [0.25, 0.3) is 0 Å². The van der Waals surface area contributed by atoms with Crippen LogP contribution < -0.4 is 15.1 Å². The van der Waals surface area contributed by atoms with Crippen LogP contribution in [0.5, 0.6) is 0 Å². The molecular weight excluding hydrogens is 386 g/mol. The molecule has 2 aromatic rings. The number of rotatable bonds is 5. The van der Waals surface area contributed by atoms with Crippen LogP contribution in [0.1, 0.15) is 56.6 Å². The lowest BCUT2D eigenvalue weighted by Gasteiger charge is -2.30. The molecule has 6 heteroatoms. The summed E-state index contributed by atoms with van der Waals surface area (Å²) in [4.78, 5) is 26.1. The zero-order valence-corrected chi connectivity index (χ0v) is 18.5. The number of allylic oxidation sites excluding steroid dienone is 1. The van der Waals surface area contributed by atoms with Crippen molar-refractivity contribution >= 4 is 28.9 Å². The Labute approximate surface area is 184 Å². The molecule has 1 unspecified atom stereocenters. The van der Waals surface area contributed by atoms with Gasteiger partial charge in [0.2, 0.25) is 11.9 Å². The van der Waals surface area contributed by atoms with Crippen molar-refractivity contribution in [2.75, 3.05) is 28.7 Å². The fourth-order valence-corrected chi connectivity index (χ4v) is 5.23.